The number of ether oxygens (including phenoxy) is 2. The van der Waals surface area contributed by atoms with Crippen molar-refractivity contribution in [2.45, 2.75) is 66.1 Å². The number of amides is 2. The monoisotopic (exact) mass is 428 g/mol. The summed E-state index contributed by atoms with van der Waals surface area (Å²) in [5.74, 6) is -0.401. The number of aryl methyl sites for hydroxylation is 2. The average molecular weight is 429 g/mol. The second-order valence-corrected chi connectivity index (χ2v) is 8.79. The van der Waals surface area contributed by atoms with Crippen LogP contribution in [0, 0.1) is 13.8 Å². The maximum absolute atomic E-state index is 13.5. The van der Waals surface area contributed by atoms with Gasteiger partial charge in [0.25, 0.3) is 11.8 Å². The van der Waals surface area contributed by atoms with E-state index in [1.54, 1.807) is 0 Å². The van der Waals surface area contributed by atoms with E-state index in [1.165, 1.54) is 4.90 Å². The van der Waals surface area contributed by atoms with Gasteiger partial charge in [0.15, 0.2) is 0 Å². The van der Waals surface area contributed by atoms with Gasteiger partial charge in [-0.2, -0.15) is 0 Å². The summed E-state index contributed by atoms with van der Waals surface area (Å²) < 4.78 is 11.5. The largest absolute Gasteiger partial charge is 0.381 e. The van der Waals surface area contributed by atoms with Crippen LogP contribution >= 0.6 is 0 Å². The summed E-state index contributed by atoms with van der Waals surface area (Å²) >= 11 is 0. The van der Waals surface area contributed by atoms with Crippen molar-refractivity contribution < 1.29 is 19.1 Å². The van der Waals surface area contributed by atoms with Crippen LogP contribution in [0.4, 0.5) is 0 Å². The molecule has 31 heavy (non-hydrogen) atoms. The molecule has 1 fully saturated rings. The molecule has 3 rings (SSSR count). The molecule has 0 saturated carbocycles. The van der Waals surface area contributed by atoms with Crippen molar-refractivity contribution in [2.24, 2.45) is 0 Å². The maximum atomic E-state index is 13.5. The van der Waals surface area contributed by atoms with E-state index < -0.39 is 0 Å². The predicted octanol–water partition coefficient (Wildman–Crippen LogP) is 3.70. The number of carbonyl (C=O) groups is 2. The van der Waals surface area contributed by atoms with Crippen LogP contribution in [0.25, 0.3) is 5.57 Å². The van der Waals surface area contributed by atoms with Gasteiger partial charge >= 0.3 is 0 Å². The van der Waals surface area contributed by atoms with Gasteiger partial charge in [-0.3, -0.25) is 14.5 Å². The van der Waals surface area contributed by atoms with Crippen LogP contribution in [0.2, 0.25) is 0 Å². The van der Waals surface area contributed by atoms with Gasteiger partial charge in [0.2, 0.25) is 0 Å². The third-order valence-electron chi connectivity index (χ3n) is 5.84. The first-order valence-electron chi connectivity index (χ1n) is 11.5. The van der Waals surface area contributed by atoms with Gasteiger partial charge in [0.05, 0.1) is 17.8 Å². The first-order chi connectivity index (χ1) is 14.8. The second-order valence-electron chi connectivity index (χ2n) is 8.79. The Morgan fingerprint density at radius 2 is 1.71 bits per heavy atom. The fourth-order valence-corrected chi connectivity index (χ4v) is 4.43. The first-order valence-corrected chi connectivity index (χ1v) is 11.5. The van der Waals surface area contributed by atoms with Crippen LogP contribution < -0.4 is 0 Å². The van der Waals surface area contributed by atoms with Gasteiger partial charge in [-0.1, -0.05) is 37.1 Å². The molecule has 1 aromatic rings. The molecule has 6 nitrogen and oxygen atoms in total. The molecule has 2 aliphatic heterocycles. The van der Waals surface area contributed by atoms with Gasteiger partial charge in [0, 0.05) is 32.8 Å². The van der Waals surface area contributed by atoms with Gasteiger partial charge in [-0.15, -0.1) is 0 Å². The second kappa shape index (κ2) is 10.4. The summed E-state index contributed by atoms with van der Waals surface area (Å²) in [4.78, 5) is 30.4. The Morgan fingerprint density at radius 3 is 2.35 bits per heavy atom. The Morgan fingerprint density at radius 1 is 1.03 bits per heavy atom. The normalized spacial score (nSPS) is 22.1. The minimum atomic E-state index is -0.202. The summed E-state index contributed by atoms with van der Waals surface area (Å²) in [5.41, 5.74) is 4.02. The summed E-state index contributed by atoms with van der Waals surface area (Å²) in [6.45, 7) is 13.0. The van der Waals surface area contributed by atoms with Crippen molar-refractivity contribution in [1.29, 1.82) is 0 Å². The number of imide groups is 1. The molecule has 1 saturated heterocycles. The minimum Gasteiger partial charge on any atom is -0.381 e. The van der Waals surface area contributed by atoms with E-state index in [4.69, 9.17) is 9.47 Å². The van der Waals surface area contributed by atoms with E-state index in [9.17, 15) is 9.59 Å². The molecule has 0 bridgehead atoms. The van der Waals surface area contributed by atoms with E-state index in [1.807, 2.05) is 44.7 Å². The summed E-state index contributed by atoms with van der Waals surface area (Å²) in [6.07, 6.45) is 2.76. The lowest BCUT2D eigenvalue weighted by Crippen LogP contribution is -2.47. The third kappa shape index (κ3) is 5.36. The van der Waals surface area contributed by atoms with Gasteiger partial charge in [-0.05, 0) is 51.7 Å². The van der Waals surface area contributed by atoms with Crippen molar-refractivity contribution in [3.05, 3.63) is 40.6 Å². The zero-order valence-corrected chi connectivity index (χ0v) is 19.6. The molecular weight excluding hydrogens is 392 g/mol. The highest BCUT2D eigenvalue weighted by Crippen LogP contribution is 2.35. The van der Waals surface area contributed by atoms with E-state index in [0.717, 1.165) is 36.1 Å². The highest BCUT2D eigenvalue weighted by Gasteiger charge is 2.43. The maximum Gasteiger partial charge on any atom is 0.277 e. The minimum absolute atomic E-state index is 0.000493. The summed E-state index contributed by atoms with van der Waals surface area (Å²) in [5, 5.41) is 0. The molecule has 0 aliphatic carbocycles. The van der Waals surface area contributed by atoms with Crippen molar-refractivity contribution in [1.82, 2.24) is 9.80 Å². The molecule has 0 spiro atoms. The molecule has 2 amide bonds. The number of hydrogen-bond acceptors (Lipinski definition) is 5. The highest BCUT2D eigenvalue weighted by molar-refractivity contribution is 6.35. The third-order valence-corrected chi connectivity index (χ3v) is 5.84. The predicted molar refractivity (Wildman–Crippen MR) is 121 cm³/mol. The van der Waals surface area contributed by atoms with Crippen LogP contribution in [0.3, 0.4) is 0 Å². The molecule has 1 aromatic carbocycles. The Hall–Kier alpha value is -2.18. The number of hydrogen-bond donors (Lipinski definition) is 0. The molecule has 6 heteroatoms. The Kier molecular flexibility index (Phi) is 7.89. The molecule has 2 heterocycles. The Labute approximate surface area is 186 Å². The first kappa shape index (κ1) is 23.5. The van der Waals surface area contributed by atoms with Crippen LogP contribution in [-0.2, 0) is 19.1 Å². The smallest absolute Gasteiger partial charge is 0.277 e. The number of morpholine rings is 1. The zero-order valence-electron chi connectivity index (χ0n) is 19.6. The number of benzene rings is 1. The molecule has 0 N–H and O–H groups in total. The van der Waals surface area contributed by atoms with Gasteiger partial charge in [-0.25, -0.2) is 0 Å². The number of rotatable bonds is 9. The lowest BCUT2D eigenvalue weighted by Gasteiger charge is -2.37. The number of nitrogens with zero attached hydrogens (tertiary/aromatic N) is 2. The van der Waals surface area contributed by atoms with Gasteiger partial charge in [0.1, 0.15) is 5.70 Å². The molecule has 2 unspecified atom stereocenters. The lowest BCUT2D eigenvalue weighted by molar-refractivity contribution is -0.138. The number of carbonyl (C=O) groups excluding carboxylic acids is 2. The fraction of sp³-hybridized carbons (Fsp3) is 0.600. The lowest BCUT2D eigenvalue weighted by atomic mass is 9.97. The molecule has 170 valence electrons. The van der Waals surface area contributed by atoms with Crippen LogP contribution in [0.1, 0.15) is 56.7 Å². The topological polar surface area (TPSA) is 59.1 Å². The average Bonchev–Trinajstić information content (AvgIpc) is 2.94. The molecule has 0 aromatic heterocycles. The van der Waals surface area contributed by atoms with Crippen LogP contribution in [-0.4, -0.2) is 66.7 Å². The fourth-order valence-electron chi connectivity index (χ4n) is 4.43. The summed E-state index contributed by atoms with van der Waals surface area (Å²) in [7, 11) is 0. The molecule has 0 radical (unpaired) electrons. The highest BCUT2D eigenvalue weighted by atomic mass is 16.5. The standard InChI is InChI=1S/C25H36N2O4/c1-6-7-12-30-13-8-11-27-24(28)22(21-10-9-17(2)14-18(21)3)23(25(27)29)26-15-19(4)31-20(5)16-26/h9-10,14,19-20H,6-8,11-13,15-16H2,1-5H3. The van der Waals surface area contributed by atoms with Crippen LogP contribution in [0.15, 0.2) is 23.9 Å². The van der Waals surface area contributed by atoms with Crippen molar-refractivity contribution >= 4 is 17.4 Å². The van der Waals surface area contributed by atoms with Crippen molar-refractivity contribution in [2.75, 3.05) is 32.8 Å². The quantitative estimate of drug-likeness (QED) is 0.443. The van der Waals surface area contributed by atoms with Crippen molar-refractivity contribution in [3.8, 4) is 0 Å². The number of unbranched alkanes of at least 4 members (excludes halogenated alkanes) is 1. The molecule has 2 atom stereocenters. The van der Waals surface area contributed by atoms with Gasteiger partial charge < -0.3 is 14.4 Å². The Bertz CT molecular complexity index is 838. The molecular formula is C25H36N2O4. The van der Waals surface area contributed by atoms with Crippen molar-refractivity contribution in [3.63, 3.8) is 0 Å². The van der Waals surface area contributed by atoms with E-state index in [0.29, 0.717) is 43.9 Å². The molecule has 2 aliphatic rings. The van der Waals surface area contributed by atoms with E-state index in [-0.39, 0.29) is 24.0 Å². The SMILES string of the molecule is CCCCOCCCN1C(=O)C(c2ccc(C)cc2C)=C(N2CC(C)OC(C)C2)C1=O. The summed E-state index contributed by atoms with van der Waals surface area (Å²) in [6, 6.07) is 6.03. The van der Waals surface area contributed by atoms with Crippen LogP contribution in [0.5, 0.6) is 0 Å². The van der Waals surface area contributed by atoms with E-state index >= 15 is 0 Å². The Balaban J connectivity index is 1.88. The van der Waals surface area contributed by atoms with E-state index in [2.05, 4.69) is 13.0 Å². The zero-order chi connectivity index (χ0) is 22.5.